The Morgan fingerprint density at radius 1 is 1.29 bits per heavy atom. The summed E-state index contributed by atoms with van der Waals surface area (Å²) in [5.41, 5.74) is 0.890. The molecule has 4 nitrogen and oxygen atoms in total. The van der Waals surface area contributed by atoms with Gasteiger partial charge in [0.2, 0.25) is 5.91 Å². The highest BCUT2D eigenvalue weighted by molar-refractivity contribution is 6.02. The van der Waals surface area contributed by atoms with Crippen LogP contribution in [0, 0.1) is 0 Å². The van der Waals surface area contributed by atoms with Gasteiger partial charge in [0.05, 0.1) is 6.54 Å². The van der Waals surface area contributed by atoms with Crippen LogP contribution in [0.4, 0.5) is 5.69 Å². The summed E-state index contributed by atoms with van der Waals surface area (Å²) in [4.78, 5) is 14.5. The van der Waals surface area contributed by atoms with Crippen LogP contribution in [-0.4, -0.2) is 43.0 Å². The van der Waals surface area contributed by atoms with Crippen LogP contribution in [-0.2, 0) is 4.79 Å². The van der Waals surface area contributed by atoms with Gasteiger partial charge in [0, 0.05) is 36.7 Å². The van der Waals surface area contributed by atoms with E-state index in [1.807, 2.05) is 30.3 Å². The van der Waals surface area contributed by atoms with Crippen molar-refractivity contribution < 1.29 is 4.79 Å². The summed E-state index contributed by atoms with van der Waals surface area (Å²) in [5, 5.41) is 8.62. The molecule has 1 saturated heterocycles. The molecule has 1 fully saturated rings. The molecule has 3 rings (SSSR count). The Labute approximate surface area is 125 Å². The third kappa shape index (κ3) is 3.23. The zero-order valence-corrected chi connectivity index (χ0v) is 12.3. The molecule has 1 aliphatic heterocycles. The number of rotatable bonds is 3. The largest absolute Gasteiger partial charge is 0.324 e. The molecule has 110 valence electrons. The molecule has 0 bridgehead atoms. The smallest absolute Gasteiger partial charge is 0.238 e. The van der Waals surface area contributed by atoms with Crippen LogP contribution in [0.15, 0.2) is 42.5 Å². The number of benzene rings is 2. The Balaban J connectivity index is 1.71. The monoisotopic (exact) mass is 283 g/mol. The van der Waals surface area contributed by atoms with Gasteiger partial charge in [0.1, 0.15) is 0 Å². The van der Waals surface area contributed by atoms with Gasteiger partial charge >= 0.3 is 0 Å². The van der Waals surface area contributed by atoms with Gasteiger partial charge < -0.3 is 10.6 Å². The van der Waals surface area contributed by atoms with Crippen molar-refractivity contribution in [2.75, 3.05) is 31.5 Å². The van der Waals surface area contributed by atoms with Crippen molar-refractivity contribution in [3.05, 3.63) is 42.5 Å². The van der Waals surface area contributed by atoms with Crippen molar-refractivity contribution in [2.24, 2.45) is 0 Å². The van der Waals surface area contributed by atoms with Crippen molar-refractivity contribution in [1.82, 2.24) is 10.2 Å². The lowest BCUT2D eigenvalue weighted by Crippen LogP contribution is -2.51. The number of hydrogen-bond acceptors (Lipinski definition) is 3. The molecule has 0 unspecified atom stereocenters. The molecule has 1 heterocycles. The number of anilines is 1. The van der Waals surface area contributed by atoms with Gasteiger partial charge in [0.25, 0.3) is 0 Å². The van der Waals surface area contributed by atoms with Crippen LogP contribution >= 0.6 is 0 Å². The molecule has 0 radical (unpaired) electrons. The maximum Gasteiger partial charge on any atom is 0.238 e. The van der Waals surface area contributed by atoms with E-state index in [1.165, 1.54) is 0 Å². The number of amides is 1. The number of fused-ring (bicyclic) bond motifs is 1. The van der Waals surface area contributed by atoms with Gasteiger partial charge in [-0.3, -0.25) is 9.69 Å². The number of piperazine rings is 1. The average Bonchev–Trinajstić information content (AvgIpc) is 2.50. The summed E-state index contributed by atoms with van der Waals surface area (Å²) in [7, 11) is 0. The first kappa shape index (κ1) is 14.0. The first-order chi connectivity index (χ1) is 10.2. The molecule has 2 aromatic carbocycles. The highest BCUT2D eigenvalue weighted by atomic mass is 16.2. The maximum atomic E-state index is 12.3. The van der Waals surface area contributed by atoms with Gasteiger partial charge in [-0.05, 0) is 18.4 Å². The Bertz CT molecular complexity index is 635. The lowest BCUT2D eigenvalue weighted by Gasteiger charge is -2.33. The third-order valence-corrected chi connectivity index (χ3v) is 4.05. The van der Waals surface area contributed by atoms with Gasteiger partial charge in [-0.2, -0.15) is 0 Å². The standard InChI is InChI=1S/C17H21N3O/c1-13-11-18-9-10-20(13)12-17(21)19-16-8-4-6-14-5-2-3-7-15(14)16/h2-8,13,18H,9-12H2,1H3,(H,19,21)/t13-/m1/s1. The Kier molecular flexibility index (Phi) is 4.18. The molecule has 1 aliphatic rings. The van der Waals surface area contributed by atoms with Gasteiger partial charge in [-0.1, -0.05) is 36.4 Å². The predicted octanol–water partition coefficient (Wildman–Crippen LogP) is 2.07. The van der Waals surface area contributed by atoms with Crippen LogP contribution in [0.3, 0.4) is 0 Å². The second-order valence-corrected chi connectivity index (χ2v) is 5.60. The number of nitrogens with zero attached hydrogens (tertiary/aromatic N) is 1. The molecule has 0 spiro atoms. The van der Waals surface area contributed by atoms with E-state index in [9.17, 15) is 4.79 Å². The highest BCUT2D eigenvalue weighted by Crippen LogP contribution is 2.22. The third-order valence-electron chi connectivity index (χ3n) is 4.05. The number of nitrogens with one attached hydrogen (secondary N) is 2. The zero-order chi connectivity index (χ0) is 14.7. The Hall–Kier alpha value is -1.91. The molecular formula is C17H21N3O. The van der Waals surface area contributed by atoms with E-state index >= 15 is 0 Å². The molecule has 0 aromatic heterocycles. The van der Waals surface area contributed by atoms with Crippen molar-refractivity contribution in [2.45, 2.75) is 13.0 Å². The highest BCUT2D eigenvalue weighted by Gasteiger charge is 2.20. The van der Waals surface area contributed by atoms with Crippen LogP contribution in [0.25, 0.3) is 10.8 Å². The average molecular weight is 283 g/mol. The van der Waals surface area contributed by atoms with E-state index in [0.717, 1.165) is 36.1 Å². The van der Waals surface area contributed by atoms with Crippen LogP contribution < -0.4 is 10.6 Å². The van der Waals surface area contributed by atoms with E-state index in [4.69, 9.17) is 0 Å². The lowest BCUT2D eigenvalue weighted by molar-refractivity contribution is -0.118. The molecule has 2 aromatic rings. The Morgan fingerprint density at radius 2 is 2.10 bits per heavy atom. The summed E-state index contributed by atoms with van der Waals surface area (Å²) in [6, 6.07) is 14.5. The molecular weight excluding hydrogens is 262 g/mol. The minimum Gasteiger partial charge on any atom is -0.324 e. The van der Waals surface area contributed by atoms with Crippen molar-refractivity contribution in [3.63, 3.8) is 0 Å². The van der Waals surface area contributed by atoms with Gasteiger partial charge in [-0.15, -0.1) is 0 Å². The van der Waals surface area contributed by atoms with E-state index in [1.54, 1.807) is 0 Å². The molecule has 1 amide bonds. The van der Waals surface area contributed by atoms with Crippen molar-refractivity contribution in [1.29, 1.82) is 0 Å². The second-order valence-electron chi connectivity index (χ2n) is 5.60. The first-order valence-corrected chi connectivity index (χ1v) is 7.46. The van der Waals surface area contributed by atoms with Gasteiger partial charge in [0.15, 0.2) is 0 Å². The summed E-state index contributed by atoms with van der Waals surface area (Å²) in [6.07, 6.45) is 0. The summed E-state index contributed by atoms with van der Waals surface area (Å²) in [5.74, 6) is 0.0557. The van der Waals surface area contributed by atoms with E-state index in [-0.39, 0.29) is 5.91 Å². The predicted molar refractivity (Wildman–Crippen MR) is 86.5 cm³/mol. The SMILES string of the molecule is C[C@@H]1CNCCN1CC(=O)Nc1cccc2ccccc12. The van der Waals surface area contributed by atoms with Crippen molar-refractivity contribution >= 4 is 22.4 Å². The quantitative estimate of drug-likeness (QED) is 0.906. The molecule has 0 aliphatic carbocycles. The van der Waals surface area contributed by atoms with Gasteiger partial charge in [-0.25, -0.2) is 0 Å². The minimum atomic E-state index is 0.0557. The van der Waals surface area contributed by atoms with E-state index < -0.39 is 0 Å². The normalized spacial score (nSPS) is 19.6. The van der Waals surface area contributed by atoms with Crippen LogP contribution in [0.1, 0.15) is 6.92 Å². The number of carbonyl (C=O) groups excluding carboxylic acids is 1. The molecule has 1 atom stereocenters. The fourth-order valence-electron chi connectivity index (χ4n) is 2.83. The van der Waals surface area contributed by atoms with Crippen LogP contribution in [0.5, 0.6) is 0 Å². The fraction of sp³-hybridized carbons (Fsp3) is 0.353. The molecule has 0 saturated carbocycles. The topological polar surface area (TPSA) is 44.4 Å². The lowest BCUT2D eigenvalue weighted by atomic mass is 10.1. The first-order valence-electron chi connectivity index (χ1n) is 7.46. The number of carbonyl (C=O) groups is 1. The maximum absolute atomic E-state index is 12.3. The fourth-order valence-corrected chi connectivity index (χ4v) is 2.83. The molecule has 2 N–H and O–H groups in total. The molecule has 21 heavy (non-hydrogen) atoms. The zero-order valence-electron chi connectivity index (χ0n) is 12.3. The summed E-state index contributed by atoms with van der Waals surface area (Å²) < 4.78 is 0. The van der Waals surface area contributed by atoms with Crippen LogP contribution in [0.2, 0.25) is 0 Å². The minimum absolute atomic E-state index is 0.0557. The van der Waals surface area contributed by atoms with Crippen molar-refractivity contribution in [3.8, 4) is 0 Å². The Morgan fingerprint density at radius 3 is 2.95 bits per heavy atom. The van der Waals surface area contributed by atoms with E-state index in [2.05, 4.69) is 34.6 Å². The van der Waals surface area contributed by atoms with E-state index in [0.29, 0.717) is 12.6 Å². The number of hydrogen-bond donors (Lipinski definition) is 2. The summed E-state index contributed by atoms with van der Waals surface area (Å²) in [6.45, 7) is 5.42. The second kappa shape index (κ2) is 6.24. The molecule has 4 heteroatoms. The summed E-state index contributed by atoms with van der Waals surface area (Å²) >= 11 is 0.